The summed E-state index contributed by atoms with van der Waals surface area (Å²) in [5, 5.41) is 2.97. The van der Waals surface area contributed by atoms with Gasteiger partial charge in [-0.1, -0.05) is 0 Å². The molecular weight excluding hydrogens is 314 g/mol. The molecule has 2 aromatic rings. The van der Waals surface area contributed by atoms with Gasteiger partial charge in [0, 0.05) is 6.20 Å². The number of hydrogen-bond acceptors (Lipinski definition) is 6. The molecule has 0 unspecified atom stereocenters. The van der Waals surface area contributed by atoms with Gasteiger partial charge in [0.1, 0.15) is 5.76 Å². The fourth-order valence-electron chi connectivity index (χ4n) is 1.37. The van der Waals surface area contributed by atoms with Crippen LogP contribution in [0.25, 0.3) is 0 Å². The van der Waals surface area contributed by atoms with Crippen LogP contribution in [0.5, 0.6) is 0 Å². The molecular formula is C12H12BrN3O3. The Morgan fingerprint density at radius 1 is 1.58 bits per heavy atom. The molecule has 0 amide bonds. The molecule has 2 aromatic heterocycles. The van der Waals surface area contributed by atoms with Gasteiger partial charge in [0.05, 0.1) is 23.9 Å². The molecule has 0 atom stereocenters. The highest BCUT2D eigenvalue weighted by molar-refractivity contribution is 9.10. The summed E-state index contributed by atoms with van der Waals surface area (Å²) in [4.78, 5) is 19.8. The first-order valence-corrected chi connectivity index (χ1v) is 6.46. The van der Waals surface area contributed by atoms with Crippen LogP contribution in [0, 0.1) is 0 Å². The Balaban J connectivity index is 2.09. The topological polar surface area (TPSA) is 77.2 Å². The van der Waals surface area contributed by atoms with Crippen LogP contribution in [0.2, 0.25) is 0 Å². The van der Waals surface area contributed by atoms with Crippen molar-refractivity contribution in [1.82, 2.24) is 9.97 Å². The Morgan fingerprint density at radius 3 is 3.11 bits per heavy atom. The van der Waals surface area contributed by atoms with E-state index in [0.29, 0.717) is 23.6 Å². The number of carbonyl (C=O) groups is 1. The van der Waals surface area contributed by atoms with Crippen molar-refractivity contribution in [2.45, 2.75) is 13.5 Å². The van der Waals surface area contributed by atoms with Crippen LogP contribution in [0.1, 0.15) is 23.2 Å². The van der Waals surface area contributed by atoms with Crippen LogP contribution >= 0.6 is 15.9 Å². The Hall–Kier alpha value is -1.89. The number of esters is 1. The number of nitrogens with one attached hydrogen (secondary N) is 1. The van der Waals surface area contributed by atoms with E-state index in [1.165, 1.54) is 6.20 Å². The zero-order chi connectivity index (χ0) is 13.7. The largest absolute Gasteiger partial charge is 0.467 e. The maximum Gasteiger partial charge on any atom is 0.358 e. The van der Waals surface area contributed by atoms with E-state index in [0.717, 1.165) is 5.76 Å². The number of aromatic nitrogens is 2. The van der Waals surface area contributed by atoms with E-state index in [4.69, 9.17) is 9.15 Å². The Morgan fingerprint density at radius 2 is 2.42 bits per heavy atom. The molecule has 0 fully saturated rings. The maximum absolute atomic E-state index is 11.7. The highest BCUT2D eigenvalue weighted by atomic mass is 79.9. The Kier molecular flexibility index (Phi) is 4.51. The van der Waals surface area contributed by atoms with Gasteiger partial charge in [-0.05, 0) is 35.0 Å². The lowest BCUT2D eigenvalue weighted by atomic mass is 10.4. The van der Waals surface area contributed by atoms with E-state index in [2.05, 4.69) is 31.2 Å². The van der Waals surface area contributed by atoms with Gasteiger partial charge in [0.25, 0.3) is 0 Å². The van der Waals surface area contributed by atoms with Crippen LogP contribution in [-0.2, 0) is 11.3 Å². The first-order chi connectivity index (χ1) is 9.20. The minimum absolute atomic E-state index is 0.193. The second-order valence-corrected chi connectivity index (χ2v) is 4.40. The van der Waals surface area contributed by atoms with Crippen LogP contribution in [0.15, 0.2) is 33.5 Å². The molecule has 7 heteroatoms. The van der Waals surface area contributed by atoms with Crippen molar-refractivity contribution < 1.29 is 13.9 Å². The number of rotatable bonds is 5. The van der Waals surface area contributed by atoms with Gasteiger partial charge < -0.3 is 14.5 Å². The second kappa shape index (κ2) is 6.33. The molecule has 0 aliphatic heterocycles. The van der Waals surface area contributed by atoms with E-state index in [-0.39, 0.29) is 5.69 Å². The van der Waals surface area contributed by atoms with Crippen LogP contribution in [0.3, 0.4) is 0 Å². The first-order valence-electron chi connectivity index (χ1n) is 5.66. The lowest BCUT2D eigenvalue weighted by molar-refractivity contribution is 0.0518. The fraction of sp³-hybridized carbons (Fsp3) is 0.250. The summed E-state index contributed by atoms with van der Waals surface area (Å²) in [6, 6.07) is 3.63. The van der Waals surface area contributed by atoms with E-state index in [1.54, 1.807) is 19.3 Å². The predicted molar refractivity (Wildman–Crippen MR) is 71.7 cm³/mol. The number of hydrogen-bond donors (Lipinski definition) is 1. The van der Waals surface area contributed by atoms with Crippen molar-refractivity contribution in [2.24, 2.45) is 0 Å². The van der Waals surface area contributed by atoms with Crippen molar-refractivity contribution in [3.8, 4) is 0 Å². The molecule has 100 valence electrons. The second-order valence-electron chi connectivity index (χ2n) is 3.54. The van der Waals surface area contributed by atoms with Crippen molar-refractivity contribution in [3.63, 3.8) is 0 Å². The Bertz CT molecular complexity index is 557. The third-order valence-corrected chi connectivity index (χ3v) is 2.79. The molecule has 1 N–H and O–H groups in total. The molecule has 0 saturated heterocycles. The number of halogens is 1. The standard InChI is InChI=1S/C12H12BrN3O3/c1-2-18-11(17)10-9(13)7-15-12(16-10)14-6-8-4-3-5-19-8/h3-5,7H,2,6H2,1H3,(H,14,15,16). The highest BCUT2D eigenvalue weighted by Crippen LogP contribution is 2.16. The molecule has 0 aromatic carbocycles. The van der Waals surface area contributed by atoms with Crippen molar-refractivity contribution in [1.29, 1.82) is 0 Å². The number of anilines is 1. The first kappa shape index (κ1) is 13.5. The molecule has 19 heavy (non-hydrogen) atoms. The average Bonchev–Trinajstić information content (AvgIpc) is 2.91. The molecule has 0 spiro atoms. The molecule has 2 heterocycles. The maximum atomic E-state index is 11.7. The average molecular weight is 326 g/mol. The number of nitrogens with zero attached hydrogens (tertiary/aromatic N) is 2. The van der Waals surface area contributed by atoms with E-state index in [9.17, 15) is 4.79 Å². The van der Waals surface area contributed by atoms with E-state index >= 15 is 0 Å². The summed E-state index contributed by atoms with van der Waals surface area (Å²) in [7, 11) is 0. The predicted octanol–water partition coefficient (Wildman–Crippen LogP) is 2.62. The van der Waals surface area contributed by atoms with Crippen LogP contribution in [-0.4, -0.2) is 22.5 Å². The van der Waals surface area contributed by atoms with Gasteiger partial charge >= 0.3 is 5.97 Å². The van der Waals surface area contributed by atoms with Gasteiger partial charge in [0.2, 0.25) is 5.95 Å². The number of ether oxygens (including phenoxy) is 1. The smallest absolute Gasteiger partial charge is 0.358 e. The minimum Gasteiger partial charge on any atom is -0.467 e. The third kappa shape index (κ3) is 3.54. The summed E-state index contributed by atoms with van der Waals surface area (Å²) in [5.74, 6) is 0.602. The summed E-state index contributed by atoms with van der Waals surface area (Å²) >= 11 is 3.22. The van der Waals surface area contributed by atoms with Crippen molar-refractivity contribution in [3.05, 3.63) is 40.5 Å². The molecule has 2 rings (SSSR count). The Labute approximate surface area is 118 Å². The number of carbonyl (C=O) groups excluding carboxylic acids is 1. The minimum atomic E-state index is -0.488. The zero-order valence-electron chi connectivity index (χ0n) is 10.2. The lowest BCUT2D eigenvalue weighted by Gasteiger charge is -2.06. The van der Waals surface area contributed by atoms with Crippen molar-refractivity contribution in [2.75, 3.05) is 11.9 Å². The van der Waals surface area contributed by atoms with Crippen LogP contribution < -0.4 is 5.32 Å². The monoisotopic (exact) mass is 325 g/mol. The summed E-state index contributed by atoms with van der Waals surface area (Å²) in [6.45, 7) is 2.48. The van der Waals surface area contributed by atoms with Crippen LogP contribution in [0.4, 0.5) is 5.95 Å². The summed E-state index contributed by atoms with van der Waals surface area (Å²) in [5.41, 5.74) is 0.193. The van der Waals surface area contributed by atoms with Gasteiger partial charge in [-0.2, -0.15) is 0 Å². The molecule has 0 radical (unpaired) electrons. The molecule has 0 aliphatic rings. The van der Waals surface area contributed by atoms with Gasteiger partial charge in [0.15, 0.2) is 5.69 Å². The zero-order valence-corrected chi connectivity index (χ0v) is 11.8. The van der Waals surface area contributed by atoms with Gasteiger partial charge in [-0.25, -0.2) is 14.8 Å². The van der Waals surface area contributed by atoms with Crippen molar-refractivity contribution >= 4 is 27.8 Å². The quantitative estimate of drug-likeness (QED) is 0.851. The molecule has 0 aliphatic carbocycles. The fourth-order valence-corrected chi connectivity index (χ4v) is 1.73. The molecule has 0 saturated carbocycles. The molecule has 6 nitrogen and oxygen atoms in total. The van der Waals surface area contributed by atoms with Gasteiger partial charge in [-0.15, -0.1) is 0 Å². The SMILES string of the molecule is CCOC(=O)c1nc(NCc2ccco2)ncc1Br. The summed E-state index contributed by atoms with van der Waals surface area (Å²) < 4.78 is 10.6. The summed E-state index contributed by atoms with van der Waals surface area (Å²) in [6.07, 6.45) is 3.09. The normalized spacial score (nSPS) is 10.2. The van der Waals surface area contributed by atoms with E-state index in [1.807, 2.05) is 6.07 Å². The number of furan rings is 1. The van der Waals surface area contributed by atoms with E-state index < -0.39 is 5.97 Å². The molecule has 0 bridgehead atoms. The van der Waals surface area contributed by atoms with Gasteiger partial charge in [-0.3, -0.25) is 0 Å². The lowest BCUT2D eigenvalue weighted by Crippen LogP contribution is -2.11. The highest BCUT2D eigenvalue weighted by Gasteiger charge is 2.14. The third-order valence-electron chi connectivity index (χ3n) is 2.21.